The van der Waals surface area contributed by atoms with Crippen molar-refractivity contribution in [2.75, 3.05) is 6.79 Å². The van der Waals surface area contributed by atoms with Crippen LogP contribution >= 0.6 is 0 Å². The third-order valence-electron chi connectivity index (χ3n) is 3.28. The van der Waals surface area contributed by atoms with Crippen molar-refractivity contribution in [3.05, 3.63) is 48.3 Å². The number of hydrogen-bond acceptors (Lipinski definition) is 3. The van der Waals surface area contributed by atoms with Crippen molar-refractivity contribution in [3.63, 3.8) is 0 Å². The predicted molar refractivity (Wildman–Crippen MR) is 71.5 cm³/mol. The summed E-state index contributed by atoms with van der Waals surface area (Å²) in [5, 5.41) is 0. The molecule has 0 unspecified atom stereocenters. The van der Waals surface area contributed by atoms with Gasteiger partial charge in [0, 0.05) is 18.0 Å². The maximum Gasteiger partial charge on any atom is 0.231 e. The fourth-order valence-corrected chi connectivity index (χ4v) is 2.28. The zero-order valence-electron chi connectivity index (χ0n) is 10.5. The van der Waals surface area contributed by atoms with E-state index in [4.69, 9.17) is 9.47 Å². The number of nitrogens with zero attached hydrogens (tertiary/aromatic N) is 2. The normalized spacial score (nSPS) is 13.1. The van der Waals surface area contributed by atoms with Gasteiger partial charge in [-0.3, -0.25) is 0 Å². The van der Waals surface area contributed by atoms with E-state index in [1.54, 1.807) is 0 Å². The molecule has 0 aliphatic carbocycles. The summed E-state index contributed by atoms with van der Waals surface area (Å²) in [6.07, 6.45) is 4.04. The third kappa shape index (κ3) is 1.64. The predicted octanol–water partition coefficient (Wildman–Crippen LogP) is 3.04. The summed E-state index contributed by atoms with van der Waals surface area (Å²) in [5.74, 6) is 1.58. The van der Waals surface area contributed by atoms with Gasteiger partial charge in [0.2, 0.25) is 6.79 Å². The van der Waals surface area contributed by atoms with Crippen LogP contribution in [0.15, 0.2) is 42.7 Å². The van der Waals surface area contributed by atoms with Gasteiger partial charge in [-0.25, -0.2) is 4.98 Å². The fraction of sp³-hybridized carbons (Fsp3) is 0.133. The second-order valence-corrected chi connectivity index (χ2v) is 4.66. The summed E-state index contributed by atoms with van der Waals surface area (Å²) in [7, 11) is 0. The Kier molecular flexibility index (Phi) is 2.06. The van der Waals surface area contributed by atoms with E-state index in [0.29, 0.717) is 6.79 Å². The summed E-state index contributed by atoms with van der Waals surface area (Å²) < 4.78 is 12.7. The Balaban J connectivity index is 1.85. The monoisotopic (exact) mass is 252 g/mol. The Labute approximate surface area is 110 Å². The number of fused-ring (bicyclic) bond motifs is 2. The molecule has 4 nitrogen and oxygen atoms in total. The molecule has 1 aliphatic rings. The lowest BCUT2D eigenvalue weighted by Crippen LogP contribution is -1.92. The highest BCUT2D eigenvalue weighted by molar-refractivity contribution is 5.66. The highest BCUT2D eigenvalue weighted by Crippen LogP contribution is 2.35. The second kappa shape index (κ2) is 3.75. The van der Waals surface area contributed by atoms with E-state index in [2.05, 4.69) is 24.0 Å². The van der Waals surface area contributed by atoms with E-state index in [1.165, 1.54) is 5.56 Å². The smallest absolute Gasteiger partial charge is 0.231 e. The number of hydrogen-bond donors (Lipinski definition) is 0. The number of benzene rings is 1. The van der Waals surface area contributed by atoms with Gasteiger partial charge in [0.15, 0.2) is 11.5 Å². The molecule has 2 aromatic heterocycles. The van der Waals surface area contributed by atoms with Gasteiger partial charge in [0.05, 0.1) is 5.69 Å². The summed E-state index contributed by atoms with van der Waals surface area (Å²) in [5.41, 5.74) is 4.12. The molecule has 94 valence electrons. The van der Waals surface area contributed by atoms with Crippen LogP contribution in [-0.4, -0.2) is 16.2 Å². The van der Waals surface area contributed by atoms with E-state index in [1.807, 2.05) is 35.0 Å². The molecule has 0 radical (unpaired) electrons. The molecule has 0 saturated carbocycles. The quantitative estimate of drug-likeness (QED) is 0.667. The first-order valence-corrected chi connectivity index (χ1v) is 6.15. The van der Waals surface area contributed by atoms with Crippen LogP contribution in [0.3, 0.4) is 0 Å². The zero-order chi connectivity index (χ0) is 12.8. The average molecular weight is 252 g/mol. The first kappa shape index (κ1) is 10.4. The molecule has 0 amide bonds. The van der Waals surface area contributed by atoms with Crippen molar-refractivity contribution in [1.82, 2.24) is 9.38 Å². The SMILES string of the molecule is Cc1ccn2cc(-c3ccc4c(c3)OCO4)nc2c1. The Hall–Kier alpha value is -2.49. The molecule has 0 atom stereocenters. The van der Waals surface area contributed by atoms with Gasteiger partial charge in [-0.15, -0.1) is 0 Å². The van der Waals surface area contributed by atoms with Crippen LogP contribution in [0.2, 0.25) is 0 Å². The molecule has 0 saturated heterocycles. The van der Waals surface area contributed by atoms with Gasteiger partial charge in [-0.1, -0.05) is 0 Å². The van der Waals surface area contributed by atoms with Gasteiger partial charge in [-0.2, -0.15) is 0 Å². The van der Waals surface area contributed by atoms with E-state index >= 15 is 0 Å². The van der Waals surface area contributed by atoms with Gasteiger partial charge in [0.25, 0.3) is 0 Å². The maximum atomic E-state index is 5.40. The highest BCUT2D eigenvalue weighted by atomic mass is 16.7. The molecule has 1 aliphatic heterocycles. The molecular weight excluding hydrogens is 240 g/mol. The Morgan fingerprint density at radius 3 is 2.95 bits per heavy atom. The Morgan fingerprint density at radius 2 is 2.00 bits per heavy atom. The maximum absolute atomic E-state index is 5.40. The first-order valence-electron chi connectivity index (χ1n) is 6.15. The lowest BCUT2D eigenvalue weighted by molar-refractivity contribution is 0.174. The average Bonchev–Trinajstić information content (AvgIpc) is 3.02. The van der Waals surface area contributed by atoms with E-state index in [-0.39, 0.29) is 0 Å². The zero-order valence-corrected chi connectivity index (χ0v) is 10.5. The van der Waals surface area contributed by atoms with Crippen molar-refractivity contribution in [2.45, 2.75) is 6.92 Å². The minimum absolute atomic E-state index is 0.295. The van der Waals surface area contributed by atoms with Crippen LogP contribution in [0.25, 0.3) is 16.9 Å². The van der Waals surface area contributed by atoms with E-state index in [0.717, 1.165) is 28.4 Å². The summed E-state index contributed by atoms with van der Waals surface area (Å²) in [6, 6.07) is 10.0. The van der Waals surface area contributed by atoms with Crippen LogP contribution in [0.5, 0.6) is 11.5 Å². The summed E-state index contributed by atoms with van der Waals surface area (Å²) >= 11 is 0. The molecule has 19 heavy (non-hydrogen) atoms. The van der Waals surface area contributed by atoms with Crippen LogP contribution in [0.1, 0.15) is 5.56 Å². The first-order chi connectivity index (χ1) is 9.29. The van der Waals surface area contributed by atoms with Gasteiger partial charge in [-0.05, 0) is 42.8 Å². The van der Waals surface area contributed by atoms with Crippen molar-refractivity contribution >= 4 is 5.65 Å². The standard InChI is InChI=1S/C15H12N2O2/c1-10-4-5-17-8-12(16-15(17)6-10)11-2-3-13-14(7-11)19-9-18-13/h2-8H,9H2,1H3. The molecule has 1 aromatic carbocycles. The third-order valence-corrected chi connectivity index (χ3v) is 3.28. The van der Waals surface area contributed by atoms with Crippen molar-refractivity contribution in [1.29, 1.82) is 0 Å². The van der Waals surface area contributed by atoms with Gasteiger partial charge >= 0.3 is 0 Å². The molecule has 0 N–H and O–H groups in total. The Bertz CT molecular complexity index is 777. The molecule has 0 spiro atoms. The van der Waals surface area contributed by atoms with Crippen molar-refractivity contribution in [2.24, 2.45) is 0 Å². The molecule has 4 heteroatoms. The van der Waals surface area contributed by atoms with Crippen LogP contribution in [0, 0.1) is 6.92 Å². The van der Waals surface area contributed by atoms with Gasteiger partial charge in [0.1, 0.15) is 5.65 Å². The van der Waals surface area contributed by atoms with Crippen LogP contribution in [-0.2, 0) is 0 Å². The number of rotatable bonds is 1. The van der Waals surface area contributed by atoms with Crippen LogP contribution in [0.4, 0.5) is 0 Å². The number of ether oxygens (including phenoxy) is 2. The number of imidazole rings is 1. The molecule has 3 heterocycles. The minimum atomic E-state index is 0.295. The highest BCUT2D eigenvalue weighted by Gasteiger charge is 2.15. The lowest BCUT2D eigenvalue weighted by atomic mass is 10.1. The number of pyridine rings is 1. The summed E-state index contributed by atoms with van der Waals surface area (Å²) in [6.45, 7) is 2.36. The molecule has 0 fully saturated rings. The van der Waals surface area contributed by atoms with Gasteiger partial charge < -0.3 is 13.9 Å². The molecule has 4 rings (SSSR count). The lowest BCUT2D eigenvalue weighted by Gasteiger charge is -1.98. The second-order valence-electron chi connectivity index (χ2n) is 4.66. The van der Waals surface area contributed by atoms with E-state index in [9.17, 15) is 0 Å². The molecule has 3 aromatic rings. The molecule has 0 bridgehead atoms. The Morgan fingerprint density at radius 1 is 1.11 bits per heavy atom. The topological polar surface area (TPSA) is 35.8 Å². The van der Waals surface area contributed by atoms with Crippen molar-refractivity contribution in [3.8, 4) is 22.8 Å². The van der Waals surface area contributed by atoms with Crippen molar-refractivity contribution < 1.29 is 9.47 Å². The summed E-state index contributed by atoms with van der Waals surface area (Å²) in [4.78, 5) is 4.64. The number of aromatic nitrogens is 2. The number of aryl methyl sites for hydroxylation is 1. The van der Waals surface area contributed by atoms with E-state index < -0.39 is 0 Å². The minimum Gasteiger partial charge on any atom is -0.454 e. The fourth-order valence-electron chi connectivity index (χ4n) is 2.28. The molecular formula is C15H12N2O2. The van der Waals surface area contributed by atoms with Crippen LogP contribution < -0.4 is 9.47 Å². The largest absolute Gasteiger partial charge is 0.454 e.